The molecule has 1 N–H and O–H groups in total. The molecule has 0 atom stereocenters. The van der Waals surface area contributed by atoms with Crippen LogP contribution in [0.4, 0.5) is 0 Å². The Labute approximate surface area is 127 Å². The van der Waals surface area contributed by atoms with Gasteiger partial charge in [-0.2, -0.15) is 0 Å². The van der Waals surface area contributed by atoms with Crippen molar-refractivity contribution in [2.24, 2.45) is 0 Å². The Bertz CT molecular complexity index is 689. The first-order chi connectivity index (χ1) is 9.75. The van der Waals surface area contributed by atoms with E-state index in [2.05, 4.69) is 10.3 Å². The number of nitrogens with zero attached hydrogens (tertiary/aromatic N) is 3. The van der Waals surface area contributed by atoms with Crippen LogP contribution in [0, 0.1) is 0 Å². The number of rotatable bonds is 3. The third kappa shape index (κ3) is 2.85. The van der Waals surface area contributed by atoms with Crippen LogP contribution in [0.1, 0.15) is 37.0 Å². The molecule has 0 radical (unpaired) electrons. The number of benzene rings is 1. The molecule has 0 aliphatic rings. The average Bonchev–Trinajstić information content (AvgIpc) is 2.83. The highest BCUT2D eigenvalue weighted by Gasteiger charge is 2.29. The van der Waals surface area contributed by atoms with Crippen molar-refractivity contribution in [1.82, 2.24) is 15.0 Å². The molecule has 0 bridgehead atoms. The molecule has 0 spiro atoms. The number of hydrogen-bond acceptors (Lipinski definition) is 4. The van der Waals surface area contributed by atoms with Gasteiger partial charge in [0.15, 0.2) is 5.69 Å². The molecule has 21 heavy (non-hydrogen) atoms. The highest BCUT2D eigenvalue weighted by atomic mass is 35.5. The molecule has 2 rings (SSSR count). The second-order valence-corrected chi connectivity index (χ2v) is 5.98. The molecule has 0 fully saturated rings. The van der Waals surface area contributed by atoms with Gasteiger partial charge in [-0.25, -0.2) is 9.48 Å². The predicted molar refractivity (Wildman–Crippen MR) is 78.6 cm³/mol. The number of carbonyl (C=O) groups is 1. The number of hydrogen-bond donors (Lipinski definition) is 1. The lowest BCUT2D eigenvalue weighted by Crippen LogP contribution is -2.21. The molecule has 0 saturated carbocycles. The van der Waals surface area contributed by atoms with Crippen LogP contribution in [-0.2, 0) is 5.41 Å². The number of methoxy groups -OCH3 is 1. The minimum Gasteiger partial charge on any atom is -0.495 e. The minimum atomic E-state index is -1.11. The van der Waals surface area contributed by atoms with Gasteiger partial charge in [0.2, 0.25) is 0 Å². The molecule has 0 unspecified atom stereocenters. The van der Waals surface area contributed by atoms with Crippen molar-refractivity contribution in [3.63, 3.8) is 0 Å². The summed E-state index contributed by atoms with van der Waals surface area (Å²) in [6, 6.07) is 5.11. The van der Waals surface area contributed by atoms with E-state index in [1.807, 2.05) is 20.8 Å². The summed E-state index contributed by atoms with van der Waals surface area (Å²) < 4.78 is 6.60. The van der Waals surface area contributed by atoms with Crippen LogP contribution in [-0.4, -0.2) is 33.2 Å². The molecule has 0 saturated heterocycles. The zero-order valence-corrected chi connectivity index (χ0v) is 13.0. The van der Waals surface area contributed by atoms with Crippen molar-refractivity contribution in [1.29, 1.82) is 0 Å². The molecular weight excluding hydrogens is 294 g/mol. The third-order valence-electron chi connectivity index (χ3n) is 2.96. The normalized spacial score (nSPS) is 11.5. The van der Waals surface area contributed by atoms with E-state index >= 15 is 0 Å². The molecule has 1 aromatic carbocycles. The van der Waals surface area contributed by atoms with Crippen molar-refractivity contribution < 1.29 is 14.6 Å². The first-order valence-corrected chi connectivity index (χ1v) is 6.67. The number of aromatic nitrogens is 3. The molecule has 1 aromatic heterocycles. The predicted octanol–water partition coefficient (Wildman–Crippen LogP) is 2.93. The van der Waals surface area contributed by atoms with Crippen molar-refractivity contribution in [2.45, 2.75) is 26.2 Å². The third-order valence-corrected chi connectivity index (χ3v) is 3.26. The standard InChI is InChI=1S/C14H16ClN3O3/c1-14(2,3)12-11(13(19)20)16-17-18(12)8-5-6-10(21-4)9(15)7-8/h5-7H,1-4H3,(H,19,20). The Kier molecular flexibility index (Phi) is 3.91. The van der Waals surface area contributed by atoms with Gasteiger partial charge in [-0.15, -0.1) is 5.10 Å². The van der Waals surface area contributed by atoms with E-state index in [1.54, 1.807) is 18.2 Å². The lowest BCUT2D eigenvalue weighted by atomic mass is 9.90. The second kappa shape index (κ2) is 5.37. The van der Waals surface area contributed by atoms with Gasteiger partial charge in [-0.1, -0.05) is 37.6 Å². The number of halogens is 1. The lowest BCUT2D eigenvalue weighted by Gasteiger charge is -2.20. The summed E-state index contributed by atoms with van der Waals surface area (Å²) in [5, 5.41) is 17.4. The van der Waals surface area contributed by atoms with Crippen LogP contribution in [0.2, 0.25) is 5.02 Å². The zero-order valence-electron chi connectivity index (χ0n) is 12.2. The van der Waals surface area contributed by atoms with E-state index in [1.165, 1.54) is 11.8 Å². The molecular formula is C14H16ClN3O3. The van der Waals surface area contributed by atoms with Crippen LogP contribution in [0.3, 0.4) is 0 Å². The summed E-state index contributed by atoms with van der Waals surface area (Å²) in [7, 11) is 1.53. The van der Waals surface area contributed by atoms with E-state index in [4.69, 9.17) is 16.3 Å². The van der Waals surface area contributed by atoms with Crippen molar-refractivity contribution in [3.8, 4) is 11.4 Å². The lowest BCUT2D eigenvalue weighted by molar-refractivity contribution is 0.0687. The fourth-order valence-corrected chi connectivity index (χ4v) is 2.32. The smallest absolute Gasteiger partial charge is 0.358 e. The zero-order chi connectivity index (χ0) is 15.8. The molecule has 2 aromatic rings. The van der Waals surface area contributed by atoms with Gasteiger partial charge in [0, 0.05) is 5.41 Å². The maximum Gasteiger partial charge on any atom is 0.358 e. The molecule has 1 heterocycles. The summed E-state index contributed by atoms with van der Waals surface area (Å²) in [6.07, 6.45) is 0. The summed E-state index contributed by atoms with van der Waals surface area (Å²) in [5.74, 6) is -0.568. The topological polar surface area (TPSA) is 77.2 Å². The van der Waals surface area contributed by atoms with Gasteiger partial charge < -0.3 is 9.84 Å². The fraction of sp³-hybridized carbons (Fsp3) is 0.357. The average molecular weight is 310 g/mol. The van der Waals surface area contributed by atoms with Crippen LogP contribution in [0.5, 0.6) is 5.75 Å². The van der Waals surface area contributed by atoms with Crippen molar-refractivity contribution in [2.75, 3.05) is 7.11 Å². The van der Waals surface area contributed by atoms with Crippen LogP contribution < -0.4 is 4.74 Å². The molecule has 0 aliphatic carbocycles. The van der Waals surface area contributed by atoms with E-state index in [9.17, 15) is 9.90 Å². The van der Waals surface area contributed by atoms with Gasteiger partial charge in [0.25, 0.3) is 0 Å². The van der Waals surface area contributed by atoms with Gasteiger partial charge in [0.05, 0.1) is 23.5 Å². The molecule has 0 aliphatic heterocycles. The molecule has 7 heteroatoms. The number of carboxylic acid groups (broad SMARTS) is 1. The summed E-state index contributed by atoms with van der Waals surface area (Å²) in [6.45, 7) is 5.71. The fourth-order valence-electron chi connectivity index (χ4n) is 2.07. The van der Waals surface area contributed by atoms with E-state index in [0.717, 1.165) is 0 Å². The van der Waals surface area contributed by atoms with Crippen LogP contribution >= 0.6 is 11.6 Å². The maximum absolute atomic E-state index is 11.3. The SMILES string of the molecule is COc1ccc(-n2nnc(C(=O)O)c2C(C)(C)C)cc1Cl. The monoisotopic (exact) mass is 309 g/mol. The van der Waals surface area contributed by atoms with Crippen molar-refractivity contribution >= 4 is 17.6 Å². The highest BCUT2D eigenvalue weighted by molar-refractivity contribution is 6.32. The quantitative estimate of drug-likeness (QED) is 0.943. The second-order valence-electron chi connectivity index (χ2n) is 5.57. The van der Waals surface area contributed by atoms with Gasteiger partial charge in [0.1, 0.15) is 5.75 Å². The molecule has 112 valence electrons. The van der Waals surface area contributed by atoms with E-state index in [-0.39, 0.29) is 5.69 Å². The highest BCUT2D eigenvalue weighted by Crippen LogP contribution is 2.30. The summed E-state index contributed by atoms with van der Waals surface area (Å²) in [5.41, 5.74) is 0.639. The largest absolute Gasteiger partial charge is 0.495 e. The molecule has 0 amide bonds. The van der Waals surface area contributed by atoms with Gasteiger partial charge in [-0.3, -0.25) is 0 Å². The minimum absolute atomic E-state index is 0.0607. The van der Waals surface area contributed by atoms with Gasteiger partial charge >= 0.3 is 5.97 Å². The van der Waals surface area contributed by atoms with E-state index in [0.29, 0.717) is 22.2 Å². The van der Waals surface area contributed by atoms with Crippen LogP contribution in [0.15, 0.2) is 18.2 Å². The number of aromatic carboxylic acids is 1. The molecule has 6 nitrogen and oxygen atoms in total. The van der Waals surface area contributed by atoms with Crippen LogP contribution in [0.25, 0.3) is 5.69 Å². The van der Waals surface area contributed by atoms with Gasteiger partial charge in [-0.05, 0) is 18.2 Å². The summed E-state index contributed by atoms with van der Waals surface area (Å²) in [4.78, 5) is 11.3. The number of carboxylic acids is 1. The Morgan fingerprint density at radius 1 is 1.38 bits per heavy atom. The Hall–Kier alpha value is -2.08. The Morgan fingerprint density at radius 2 is 2.05 bits per heavy atom. The maximum atomic E-state index is 11.3. The van der Waals surface area contributed by atoms with Crippen molar-refractivity contribution in [3.05, 3.63) is 34.6 Å². The van der Waals surface area contributed by atoms with E-state index < -0.39 is 11.4 Å². The number of ether oxygens (including phenoxy) is 1. The Balaban J connectivity index is 2.65. The first-order valence-electron chi connectivity index (χ1n) is 6.29. The summed E-state index contributed by atoms with van der Waals surface area (Å²) >= 11 is 6.11. The Morgan fingerprint density at radius 3 is 2.52 bits per heavy atom. The first kappa shape index (κ1) is 15.3.